The third kappa shape index (κ3) is 4.62. The quantitative estimate of drug-likeness (QED) is 0.592. The summed E-state index contributed by atoms with van der Waals surface area (Å²) in [5.74, 6) is 3.64. The van der Waals surface area contributed by atoms with E-state index in [4.69, 9.17) is 9.84 Å². The number of carbonyl (C=O) groups excluding carboxylic acids is 1. The van der Waals surface area contributed by atoms with Crippen LogP contribution < -0.4 is 5.32 Å². The second-order valence-electron chi connectivity index (χ2n) is 7.37. The summed E-state index contributed by atoms with van der Waals surface area (Å²) in [6.07, 6.45) is -0.855. The molecule has 4 rings (SSSR count). The van der Waals surface area contributed by atoms with Crippen LogP contribution in [-0.2, 0) is 16.0 Å². The topological polar surface area (TPSA) is 75.6 Å². The minimum absolute atomic E-state index is 0.00695. The molecule has 0 unspecified atom stereocenters. The number of ether oxygens (including phenoxy) is 1. The first-order valence-electron chi connectivity index (χ1n) is 10.1. The summed E-state index contributed by atoms with van der Waals surface area (Å²) in [7, 11) is 0. The van der Waals surface area contributed by atoms with Gasteiger partial charge in [0.2, 0.25) is 0 Å². The molecule has 0 aliphatic heterocycles. The molecule has 32 heavy (non-hydrogen) atoms. The number of carboxylic acid groups (broad SMARTS) is 1. The normalized spacial score (nSPS) is 11.7. The van der Waals surface area contributed by atoms with Crippen LogP contribution in [0.3, 0.4) is 0 Å². The van der Waals surface area contributed by atoms with Gasteiger partial charge in [-0.25, -0.2) is 9.18 Å². The number of rotatable bonds is 5. The average Bonchev–Trinajstić information content (AvgIpc) is 3.10. The van der Waals surface area contributed by atoms with Gasteiger partial charge in [0.1, 0.15) is 12.4 Å². The van der Waals surface area contributed by atoms with Crippen LogP contribution in [-0.4, -0.2) is 30.3 Å². The predicted molar refractivity (Wildman–Crippen MR) is 118 cm³/mol. The summed E-state index contributed by atoms with van der Waals surface area (Å²) >= 11 is 0. The SMILES string of the molecule is O=C(O)Cc1ccc(C#CCNC(=O)OCC2c3ccccc3-c3ccccc32)c(F)c1. The highest BCUT2D eigenvalue weighted by atomic mass is 19.1. The lowest BCUT2D eigenvalue weighted by atomic mass is 9.98. The van der Waals surface area contributed by atoms with Gasteiger partial charge in [-0.2, -0.15) is 0 Å². The standard InChI is InChI=1S/C26H20FNO4/c27-24-14-17(15-25(29)30)11-12-18(24)6-5-13-28-26(31)32-16-23-21-9-3-1-7-19(21)20-8-2-4-10-22(20)23/h1-4,7-12,14,23H,13,15-16H2,(H,28,31)(H,29,30). The molecule has 0 heterocycles. The van der Waals surface area contributed by atoms with Crippen molar-refractivity contribution in [3.8, 4) is 23.0 Å². The number of carbonyl (C=O) groups is 2. The van der Waals surface area contributed by atoms with Crippen LogP contribution in [0.15, 0.2) is 66.7 Å². The molecule has 2 N–H and O–H groups in total. The van der Waals surface area contributed by atoms with Crippen LogP contribution in [0, 0.1) is 17.7 Å². The molecule has 0 fully saturated rings. The van der Waals surface area contributed by atoms with E-state index in [0.29, 0.717) is 5.56 Å². The molecule has 3 aromatic rings. The number of fused-ring (bicyclic) bond motifs is 3. The summed E-state index contributed by atoms with van der Waals surface area (Å²) in [6.45, 7) is 0.194. The highest BCUT2D eigenvalue weighted by molar-refractivity contribution is 5.79. The van der Waals surface area contributed by atoms with Crippen LogP contribution in [0.1, 0.15) is 28.2 Å². The molecule has 5 nitrogen and oxygen atoms in total. The lowest BCUT2D eigenvalue weighted by Crippen LogP contribution is -2.26. The Morgan fingerprint density at radius 3 is 2.28 bits per heavy atom. The van der Waals surface area contributed by atoms with Gasteiger partial charge in [0.15, 0.2) is 0 Å². The Balaban J connectivity index is 1.32. The minimum atomic E-state index is -1.03. The van der Waals surface area contributed by atoms with Crippen molar-refractivity contribution in [3.63, 3.8) is 0 Å². The second-order valence-corrected chi connectivity index (χ2v) is 7.37. The zero-order chi connectivity index (χ0) is 22.5. The third-order valence-electron chi connectivity index (χ3n) is 5.28. The maximum atomic E-state index is 14.0. The predicted octanol–water partition coefficient (Wildman–Crippen LogP) is 4.34. The molecule has 0 saturated carbocycles. The van der Waals surface area contributed by atoms with Crippen LogP contribution in [0.25, 0.3) is 11.1 Å². The number of aliphatic carboxylic acids is 1. The largest absolute Gasteiger partial charge is 0.481 e. The van der Waals surface area contributed by atoms with Gasteiger partial charge in [-0.15, -0.1) is 0 Å². The van der Waals surface area contributed by atoms with E-state index >= 15 is 0 Å². The third-order valence-corrected chi connectivity index (χ3v) is 5.28. The number of hydrogen-bond donors (Lipinski definition) is 2. The molecule has 0 spiro atoms. The van der Waals surface area contributed by atoms with Gasteiger partial charge >= 0.3 is 12.1 Å². The van der Waals surface area contributed by atoms with Crippen molar-refractivity contribution in [1.29, 1.82) is 0 Å². The smallest absolute Gasteiger partial charge is 0.407 e. The molecule has 3 aromatic carbocycles. The Morgan fingerprint density at radius 1 is 1.00 bits per heavy atom. The van der Waals surface area contributed by atoms with E-state index in [9.17, 15) is 14.0 Å². The first kappa shape index (κ1) is 21.1. The molecule has 0 atom stereocenters. The maximum absolute atomic E-state index is 14.0. The van der Waals surface area contributed by atoms with Crippen molar-refractivity contribution < 1.29 is 23.8 Å². The van der Waals surface area contributed by atoms with Gasteiger partial charge in [-0.05, 0) is 39.9 Å². The number of benzene rings is 3. The Bertz CT molecular complexity index is 1200. The van der Waals surface area contributed by atoms with E-state index in [1.807, 2.05) is 36.4 Å². The number of carboxylic acids is 1. The summed E-state index contributed by atoms with van der Waals surface area (Å²) in [6, 6.07) is 20.2. The number of nitrogens with one attached hydrogen (secondary N) is 1. The lowest BCUT2D eigenvalue weighted by Gasteiger charge is -2.14. The zero-order valence-corrected chi connectivity index (χ0v) is 17.1. The molecule has 0 radical (unpaired) electrons. The molecular formula is C26H20FNO4. The fraction of sp³-hybridized carbons (Fsp3) is 0.154. The van der Waals surface area contributed by atoms with E-state index in [-0.39, 0.29) is 31.1 Å². The number of hydrogen-bond acceptors (Lipinski definition) is 3. The summed E-state index contributed by atoms with van der Waals surface area (Å²) < 4.78 is 19.4. The number of amides is 1. The number of halogens is 1. The Morgan fingerprint density at radius 2 is 1.66 bits per heavy atom. The van der Waals surface area contributed by atoms with Crippen LogP contribution in [0.4, 0.5) is 9.18 Å². The zero-order valence-electron chi connectivity index (χ0n) is 17.1. The van der Waals surface area contributed by atoms with Crippen molar-refractivity contribution in [2.75, 3.05) is 13.2 Å². The molecule has 6 heteroatoms. The maximum Gasteiger partial charge on any atom is 0.407 e. The van der Waals surface area contributed by atoms with Gasteiger partial charge in [0, 0.05) is 5.92 Å². The highest BCUT2D eigenvalue weighted by Gasteiger charge is 2.28. The van der Waals surface area contributed by atoms with E-state index in [0.717, 1.165) is 28.3 Å². The van der Waals surface area contributed by atoms with Crippen molar-refractivity contribution in [2.24, 2.45) is 0 Å². The summed E-state index contributed by atoms with van der Waals surface area (Å²) in [5, 5.41) is 11.3. The van der Waals surface area contributed by atoms with Gasteiger partial charge in [-0.3, -0.25) is 4.79 Å². The second kappa shape index (κ2) is 9.36. The molecule has 1 aliphatic rings. The molecule has 160 valence electrons. The fourth-order valence-corrected chi connectivity index (χ4v) is 3.85. The molecule has 0 bridgehead atoms. The summed E-state index contributed by atoms with van der Waals surface area (Å²) in [5.41, 5.74) is 5.05. The van der Waals surface area contributed by atoms with Crippen molar-refractivity contribution >= 4 is 12.1 Å². The van der Waals surface area contributed by atoms with Gasteiger partial charge in [-0.1, -0.05) is 66.4 Å². The van der Waals surface area contributed by atoms with Gasteiger partial charge in [0.25, 0.3) is 0 Å². The average molecular weight is 429 g/mol. The molecule has 1 amide bonds. The molecule has 1 aliphatic carbocycles. The van der Waals surface area contributed by atoms with E-state index < -0.39 is 17.9 Å². The molecule has 0 saturated heterocycles. The summed E-state index contributed by atoms with van der Waals surface area (Å²) in [4.78, 5) is 22.8. The van der Waals surface area contributed by atoms with Gasteiger partial charge < -0.3 is 15.2 Å². The van der Waals surface area contributed by atoms with Crippen LogP contribution in [0.2, 0.25) is 0 Å². The van der Waals surface area contributed by atoms with E-state index in [1.54, 1.807) is 0 Å². The van der Waals surface area contributed by atoms with Crippen molar-refractivity contribution in [3.05, 3.63) is 94.8 Å². The van der Waals surface area contributed by atoms with Crippen molar-refractivity contribution in [1.82, 2.24) is 5.32 Å². The van der Waals surface area contributed by atoms with Crippen molar-refractivity contribution in [2.45, 2.75) is 12.3 Å². The van der Waals surface area contributed by atoms with Crippen LogP contribution >= 0.6 is 0 Å². The Hall–Kier alpha value is -4.11. The fourth-order valence-electron chi connectivity index (χ4n) is 3.85. The first-order valence-corrected chi connectivity index (χ1v) is 10.1. The Labute approximate surface area is 184 Å². The van der Waals surface area contributed by atoms with E-state index in [2.05, 4.69) is 29.3 Å². The minimum Gasteiger partial charge on any atom is -0.481 e. The number of alkyl carbamates (subject to hydrolysis) is 1. The monoisotopic (exact) mass is 429 g/mol. The molecular weight excluding hydrogens is 409 g/mol. The molecule has 0 aromatic heterocycles. The van der Waals surface area contributed by atoms with Gasteiger partial charge in [0.05, 0.1) is 18.5 Å². The lowest BCUT2D eigenvalue weighted by molar-refractivity contribution is -0.136. The van der Waals surface area contributed by atoms with E-state index in [1.165, 1.54) is 12.1 Å². The Kier molecular flexibility index (Phi) is 6.18. The first-order chi connectivity index (χ1) is 15.5. The highest BCUT2D eigenvalue weighted by Crippen LogP contribution is 2.44. The van der Waals surface area contributed by atoms with Crippen LogP contribution in [0.5, 0.6) is 0 Å².